The van der Waals surface area contributed by atoms with Crippen LogP contribution in [0.25, 0.3) is 0 Å². The number of alkyl carbamates (subject to hydrolysis) is 1. The topological polar surface area (TPSA) is 56.8 Å². The van der Waals surface area contributed by atoms with Gasteiger partial charge in [-0.3, -0.25) is 0 Å². The molecule has 5 nitrogen and oxygen atoms in total. The van der Waals surface area contributed by atoms with Gasteiger partial charge >= 0.3 is 6.09 Å². The van der Waals surface area contributed by atoms with Gasteiger partial charge < -0.3 is 19.5 Å². The Hall–Kier alpha value is -1.91. The van der Waals surface area contributed by atoms with Gasteiger partial charge in [0.1, 0.15) is 24.7 Å². The fourth-order valence-electron chi connectivity index (χ4n) is 1.80. The highest BCUT2D eigenvalue weighted by Gasteiger charge is 2.03. The molecule has 1 amide bonds. The monoisotopic (exact) mass is 295 g/mol. The van der Waals surface area contributed by atoms with Crippen LogP contribution in [0.4, 0.5) is 4.79 Å². The average molecular weight is 295 g/mol. The minimum absolute atomic E-state index is 0.215. The largest absolute Gasteiger partial charge is 0.491 e. The maximum Gasteiger partial charge on any atom is 0.407 e. The summed E-state index contributed by atoms with van der Waals surface area (Å²) in [5.74, 6) is 1.56. The number of benzene rings is 1. The summed E-state index contributed by atoms with van der Waals surface area (Å²) in [5.41, 5.74) is 0. The standard InChI is InChI=1S/C16H25NO4/c1-4-6-13(3)21-15-9-7-14(8-10-15)19-11-12-20-16(18)17-5-2/h7-10,13H,4-6,11-12H2,1-3H3,(H,17,18). The Balaban J connectivity index is 2.26. The van der Waals surface area contributed by atoms with Crippen LogP contribution in [0, 0.1) is 0 Å². The highest BCUT2D eigenvalue weighted by molar-refractivity contribution is 5.66. The van der Waals surface area contributed by atoms with Crippen molar-refractivity contribution in [2.75, 3.05) is 19.8 Å². The van der Waals surface area contributed by atoms with E-state index >= 15 is 0 Å². The lowest BCUT2D eigenvalue weighted by atomic mass is 10.2. The number of rotatable bonds is 9. The van der Waals surface area contributed by atoms with E-state index in [9.17, 15) is 4.79 Å². The number of hydrogen-bond donors (Lipinski definition) is 1. The van der Waals surface area contributed by atoms with Crippen LogP contribution in [0.1, 0.15) is 33.6 Å². The highest BCUT2D eigenvalue weighted by atomic mass is 16.6. The number of carbonyl (C=O) groups is 1. The Bertz CT molecular complexity index is 405. The molecule has 0 heterocycles. The minimum atomic E-state index is -0.422. The molecule has 118 valence electrons. The van der Waals surface area contributed by atoms with Crippen LogP contribution >= 0.6 is 0 Å². The molecule has 0 saturated heterocycles. The number of amides is 1. The second kappa shape index (κ2) is 9.91. The summed E-state index contributed by atoms with van der Waals surface area (Å²) in [4.78, 5) is 11.0. The molecule has 21 heavy (non-hydrogen) atoms. The van der Waals surface area contributed by atoms with Gasteiger partial charge in [0.05, 0.1) is 6.10 Å². The lowest BCUT2D eigenvalue weighted by Crippen LogP contribution is -2.25. The summed E-state index contributed by atoms with van der Waals surface area (Å²) in [6, 6.07) is 7.46. The van der Waals surface area contributed by atoms with E-state index in [1.165, 1.54) is 0 Å². The molecule has 0 spiro atoms. The Morgan fingerprint density at radius 2 is 1.81 bits per heavy atom. The van der Waals surface area contributed by atoms with Gasteiger partial charge in [-0.1, -0.05) is 13.3 Å². The first-order valence-corrected chi connectivity index (χ1v) is 7.45. The van der Waals surface area contributed by atoms with Gasteiger partial charge in [0.25, 0.3) is 0 Å². The molecule has 0 saturated carbocycles. The van der Waals surface area contributed by atoms with Crippen molar-refractivity contribution in [2.24, 2.45) is 0 Å². The van der Waals surface area contributed by atoms with Crippen molar-refractivity contribution in [3.63, 3.8) is 0 Å². The van der Waals surface area contributed by atoms with E-state index in [1.807, 2.05) is 31.2 Å². The van der Waals surface area contributed by atoms with Crippen molar-refractivity contribution in [1.29, 1.82) is 0 Å². The van der Waals surface area contributed by atoms with E-state index < -0.39 is 6.09 Å². The van der Waals surface area contributed by atoms with Gasteiger partial charge in [-0.2, -0.15) is 0 Å². The van der Waals surface area contributed by atoms with Gasteiger partial charge in [0.15, 0.2) is 0 Å². The maximum absolute atomic E-state index is 11.0. The van der Waals surface area contributed by atoms with Crippen molar-refractivity contribution < 1.29 is 19.0 Å². The molecule has 1 N–H and O–H groups in total. The lowest BCUT2D eigenvalue weighted by molar-refractivity contribution is 0.125. The number of ether oxygens (including phenoxy) is 3. The molecular weight excluding hydrogens is 270 g/mol. The normalized spacial score (nSPS) is 11.6. The number of nitrogens with one attached hydrogen (secondary N) is 1. The molecule has 0 aliphatic heterocycles. The van der Waals surface area contributed by atoms with Crippen LogP contribution in [0.2, 0.25) is 0 Å². The maximum atomic E-state index is 11.0. The third-order valence-corrected chi connectivity index (χ3v) is 2.76. The molecule has 1 atom stereocenters. The first-order valence-electron chi connectivity index (χ1n) is 7.45. The van der Waals surface area contributed by atoms with Gasteiger partial charge in [-0.25, -0.2) is 4.79 Å². The van der Waals surface area contributed by atoms with Gasteiger partial charge in [-0.05, 0) is 44.5 Å². The van der Waals surface area contributed by atoms with Gasteiger partial charge in [0.2, 0.25) is 0 Å². The van der Waals surface area contributed by atoms with Crippen molar-refractivity contribution >= 4 is 6.09 Å². The zero-order chi connectivity index (χ0) is 15.5. The van der Waals surface area contributed by atoms with Crippen LogP contribution in [0.3, 0.4) is 0 Å². The van der Waals surface area contributed by atoms with Gasteiger partial charge in [-0.15, -0.1) is 0 Å². The molecule has 0 bridgehead atoms. The van der Waals surface area contributed by atoms with Crippen molar-refractivity contribution in [3.05, 3.63) is 24.3 Å². The molecule has 1 unspecified atom stereocenters. The van der Waals surface area contributed by atoms with Gasteiger partial charge in [0, 0.05) is 6.54 Å². The SMILES string of the molecule is CCCC(C)Oc1ccc(OCCOC(=O)NCC)cc1. The molecule has 5 heteroatoms. The second-order valence-electron chi connectivity index (χ2n) is 4.70. The van der Waals surface area contributed by atoms with Crippen molar-refractivity contribution in [3.8, 4) is 11.5 Å². The Labute approximate surface area is 126 Å². The molecule has 1 rings (SSSR count). The van der Waals surface area contributed by atoms with Crippen molar-refractivity contribution in [1.82, 2.24) is 5.32 Å². The average Bonchev–Trinajstić information content (AvgIpc) is 2.46. The van der Waals surface area contributed by atoms with E-state index in [4.69, 9.17) is 14.2 Å². The minimum Gasteiger partial charge on any atom is -0.491 e. The summed E-state index contributed by atoms with van der Waals surface area (Å²) in [7, 11) is 0. The predicted molar refractivity (Wildman–Crippen MR) is 82.0 cm³/mol. The fourth-order valence-corrected chi connectivity index (χ4v) is 1.80. The summed E-state index contributed by atoms with van der Waals surface area (Å²) in [5, 5.41) is 2.55. The molecule has 1 aromatic rings. The lowest BCUT2D eigenvalue weighted by Gasteiger charge is -2.14. The molecule has 0 radical (unpaired) electrons. The van der Waals surface area contributed by atoms with E-state index in [2.05, 4.69) is 19.2 Å². The number of carbonyl (C=O) groups excluding carboxylic acids is 1. The Morgan fingerprint density at radius 1 is 1.14 bits per heavy atom. The fraction of sp³-hybridized carbons (Fsp3) is 0.562. The third-order valence-electron chi connectivity index (χ3n) is 2.76. The third kappa shape index (κ3) is 7.44. The van der Waals surface area contributed by atoms with E-state index in [0.717, 1.165) is 24.3 Å². The smallest absolute Gasteiger partial charge is 0.407 e. The zero-order valence-electron chi connectivity index (χ0n) is 13.1. The first kappa shape index (κ1) is 17.1. The van der Waals surface area contributed by atoms with E-state index in [1.54, 1.807) is 0 Å². The van der Waals surface area contributed by atoms with Crippen LogP contribution in [-0.4, -0.2) is 32.0 Å². The van der Waals surface area contributed by atoms with E-state index in [-0.39, 0.29) is 12.7 Å². The Morgan fingerprint density at radius 3 is 2.43 bits per heavy atom. The van der Waals surface area contributed by atoms with Crippen molar-refractivity contribution in [2.45, 2.75) is 39.7 Å². The summed E-state index contributed by atoms with van der Waals surface area (Å²) in [6.45, 7) is 7.13. The quantitative estimate of drug-likeness (QED) is 0.710. The molecule has 0 aliphatic rings. The summed E-state index contributed by atoms with van der Waals surface area (Å²) < 4.78 is 16.1. The first-order chi connectivity index (χ1) is 10.2. The van der Waals surface area contributed by atoms with Crippen LogP contribution in [-0.2, 0) is 4.74 Å². The molecular formula is C16H25NO4. The second-order valence-corrected chi connectivity index (χ2v) is 4.70. The van der Waals surface area contributed by atoms with E-state index in [0.29, 0.717) is 13.2 Å². The van der Waals surface area contributed by atoms with Crippen LogP contribution in [0.5, 0.6) is 11.5 Å². The molecule has 0 fully saturated rings. The summed E-state index contributed by atoms with van der Waals surface area (Å²) in [6.07, 6.45) is 1.94. The van der Waals surface area contributed by atoms with Crippen LogP contribution < -0.4 is 14.8 Å². The number of hydrogen-bond acceptors (Lipinski definition) is 4. The zero-order valence-corrected chi connectivity index (χ0v) is 13.1. The summed E-state index contributed by atoms with van der Waals surface area (Å²) >= 11 is 0. The Kier molecular flexibility index (Phi) is 8.09. The molecule has 0 aliphatic carbocycles. The highest BCUT2D eigenvalue weighted by Crippen LogP contribution is 2.19. The molecule has 1 aromatic carbocycles. The van der Waals surface area contributed by atoms with Crippen LogP contribution in [0.15, 0.2) is 24.3 Å². The predicted octanol–water partition coefficient (Wildman–Crippen LogP) is 3.38. The molecule has 0 aromatic heterocycles.